The smallest absolute Gasteiger partial charge is 0.0738 e. The van der Waals surface area contributed by atoms with E-state index < -0.39 is 0 Å². The van der Waals surface area contributed by atoms with Crippen molar-refractivity contribution in [3.8, 4) is 0 Å². The van der Waals surface area contributed by atoms with Crippen molar-refractivity contribution in [2.24, 2.45) is 7.05 Å². The first-order valence-electron chi connectivity index (χ1n) is 5.41. The Bertz CT molecular complexity index is 421. The van der Waals surface area contributed by atoms with Crippen LogP contribution in [0, 0.1) is 0 Å². The topological polar surface area (TPSA) is 42.7 Å². The van der Waals surface area contributed by atoms with Crippen LogP contribution < -0.4 is 5.32 Å². The van der Waals surface area contributed by atoms with Gasteiger partial charge >= 0.3 is 0 Å². The third-order valence-corrected chi connectivity index (χ3v) is 3.62. The van der Waals surface area contributed by atoms with E-state index in [0.29, 0.717) is 6.04 Å². The molecule has 16 heavy (non-hydrogen) atoms. The van der Waals surface area contributed by atoms with Crippen LogP contribution in [0.3, 0.4) is 0 Å². The maximum Gasteiger partial charge on any atom is 0.0738 e. The Balaban J connectivity index is 1.96. The van der Waals surface area contributed by atoms with E-state index in [2.05, 4.69) is 40.1 Å². The molecule has 2 aromatic rings. The summed E-state index contributed by atoms with van der Waals surface area (Å²) >= 11 is 1.80. The van der Waals surface area contributed by atoms with Gasteiger partial charge in [0.25, 0.3) is 0 Å². The Kier molecular flexibility index (Phi) is 3.69. The van der Waals surface area contributed by atoms with Gasteiger partial charge < -0.3 is 5.32 Å². The molecule has 1 atom stereocenters. The van der Waals surface area contributed by atoms with Crippen LogP contribution in [0.5, 0.6) is 0 Å². The zero-order valence-electron chi connectivity index (χ0n) is 9.55. The van der Waals surface area contributed by atoms with E-state index in [1.165, 1.54) is 4.88 Å². The Morgan fingerprint density at radius 2 is 2.44 bits per heavy atom. The van der Waals surface area contributed by atoms with Crippen molar-refractivity contribution in [3.05, 3.63) is 34.3 Å². The molecule has 0 aliphatic rings. The van der Waals surface area contributed by atoms with Gasteiger partial charge in [-0.05, 0) is 17.9 Å². The van der Waals surface area contributed by atoms with E-state index in [1.807, 2.05) is 7.05 Å². The fourth-order valence-electron chi connectivity index (χ4n) is 1.63. The third-order valence-electron chi connectivity index (χ3n) is 2.63. The summed E-state index contributed by atoms with van der Waals surface area (Å²) < 4.78 is 1.80. The summed E-state index contributed by atoms with van der Waals surface area (Å²) in [6.45, 7) is 3.00. The summed E-state index contributed by atoms with van der Waals surface area (Å²) in [5.74, 6) is 0. The van der Waals surface area contributed by atoms with Crippen molar-refractivity contribution in [2.45, 2.75) is 25.9 Å². The number of nitrogens with one attached hydrogen (secondary N) is 1. The molecule has 0 aliphatic heterocycles. The lowest BCUT2D eigenvalue weighted by molar-refractivity contribution is 0.508. The molecule has 5 heteroatoms. The average Bonchev–Trinajstić information content (AvgIpc) is 2.92. The Morgan fingerprint density at radius 1 is 1.56 bits per heavy atom. The lowest BCUT2D eigenvalue weighted by Gasteiger charge is -2.14. The lowest BCUT2D eigenvalue weighted by Crippen LogP contribution is -2.20. The predicted molar refractivity (Wildman–Crippen MR) is 65.2 cm³/mol. The fraction of sp³-hybridized carbons (Fsp3) is 0.455. The summed E-state index contributed by atoms with van der Waals surface area (Å²) in [5, 5.41) is 13.4. The predicted octanol–water partition coefficient (Wildman–Crippen LogP) is 2.12. The molecule has 0 spiro atoms. The molecule has 2 heterocycles. The standard InChI is InChI=1S/C11H16N4S/c1-3-10(11-5-4-6-16-11)12-7-9-8-13-14-15(9)2/h4-6,8,10,12H,3,7H2,1-2H3. The van der Waals surface area contributed by atoms with Gasteiger partial charge in [-0.3, -0.25) is 4.68 Å². The first-order chi connectivity index (χ1) is 7.81. The van der Waals surface area contributed by atoms with E-state index in [9.17, 15) is 0 Å². The molecule has 4 nitrogen and oxygen atoms in total. The number of hydrogen-bond acceptors (Lipinski definition) is 4. The second kappa shape index (κ2) is 5.23. The third kappa shape index (κ3) is 2.48. The maximum atomic E-state index is 3.91. The highest BCUT2D eigenvalue weighted by molar-refractivity contribution is 7.10. The molecular formula is C11H16N4S. The monoisotopic (exact) mass is 236 g/mol. The zero-order valence-corrected chi connectivity index (χ0v) is 10.4. The van der Waals surface area contributed by atoms with Crippen molar-refractivity contribution in [3.63, 3.8) is 0 Å². The van der Waals surface area contributed by atoms with Gasteiger partial charge in [-0.2, -0.15) is 0 Å². The Morgan fingerprint density at radius 3 is 3.00 bits per heavy atom. The van der Waals surface area contributed by atoms with Crippen LogP contribution in [0.15, 0.2) is 23.7 Å². The van der Waals surface area contributed by atoms with Crippen LogP contribution in [-0.2, 0) is 13.6 Å². The summed E-state index contributed by atoms with van der Waals surface area (Å²) in [4.78, 5) is 1.39. The summed E-state index contributed by atoms with van der Waals surface area (Å²) in [6.07, 6.45) is 2.89. The van der Waals surface area contributed by atoms with Crippen molar-refractivity contribution in [1.29, 1.82) is 0 Å². The van der Waals surface area contributed by atoms with Gasteiger partial charge in [-0.1, -0.05) is 18.2 Å². The van der Waals surface area contributed by atoms with E-state index in [-0.39, 0.29) is 0 Å². The number of nitrogens with zero attached hydrogens (tertiary/aromatic N) is 3. The minimum atomic E-state index is 0.426. The van der Waals surface area contributed by atoms with Crippen LogP contribution >= 0.6 is 11.3 Å². The van der Waals surface area contributed by atoms with Crippen molar-refractivity contribution < 1.29 is 0 Å². The molecule has 0 saturated carbocycles. The van der Waals surface area contributed by atoms with Gasteiger partial charge in [-0.25, -0.2) is 0 Å². The maximum absolute atomic E-state index is 3.91. The molecule has 0 bridgehead atoms. The first kappa shape index (κ1) is 11.3. The minimum absolute atomic E-state index is 0.426. The van der Waals surface area contributed by atoms with E-state index in [4.69, 9.17) is 0 Å². The minimum Gasteiger partial charge on any atom is -0.304 e. The van der Waals surface area contributed by atoms with Gasteiger partial charge in [0.1, 0.15) is 0 Å². The average molecular weight is 236 g/mol. The van der Waals surface area contributed by atoms with Crippen molar-refractivity contribution >= 4 is 11.3 Å². The molecule has 86 valence electrons. The molecule has 2 aromatic heterocycles. The number of hydrogen-bond donors (Lipinski definition) is 1. The van der Waals surface area contributed by atoms with Crippen LogP contribution in [0.2, 0.25) is 0 Å². The van der Waals surface area contributed by atoms with Crippen LogP contribution in [0.1, 0.15) is 30.0 Å². The number of rotatable bonds is 5. The van der Waals surface area contributed by atoms with Gasteiger partial charge in [0.05, 0.1) is 11.9 Å². The summed E-state index contributed by atoms with van der Waals surface area (Å²) in [7, 11) is 1.91. The van der Waals surface area contributed by atoms with Gasteiger partial charge in [-0.15, -0.1) is 16.4 Å². The highest BCUT2D eigenvalue weighted by Gasteiger charge is 2.10. The summed E-state index contributed by atoms with van der Waals surface area (Å²) in [6, 6.07) is 4.69. The van der Waals surface area contributed by atoms with E-state index in [0.717, 1.165) is 18.7 Å². The van der Waals surface area contributed by atoms with Crippen LogP contribution in [0.4, 0.5) is 0 Å². The molecule has 0 radical (unpaired) electrons. The molecule has 0 saturated heterocycles. The van der Waals surface area contributed by atoms with Crippen LogP contribution in [0.25, 0.3) is 0 Å². The molecule has 1 unspecified atom stereocenters. The van der Waals surface area contributed by atoms with Crippen molar-refractivity contribution in [2.75, 3.05) is 0 Å². The summed E-state index contributed by atoms with van der Waals surface area (Å²) in [5.41, 5.74) is 1.11. The molecule has 0 aliphatic carbocycles. The fourth-order valence-corrected chi connectivity index (χ4v) is 2.52. The molecule has 0 fully saturated rings. The molecule has 0 amide bonds. The van der Waals surface area contributed by atoms with Gasteiger partial charge in [0, 0.05) is 24.5 Å². The molecule has 2 rings (SSSR count). The second-order valence-electron chi connectivity index (χ2n) is 3.71. The highest BCUT2D eigenvalue weighted by atomic mass is 32.1. The Labute approximate surface area is 99.3 Å². The van der Waals surface area contributed by atoms with Gasteiger partial charge in [0.2, 0.25) is 0 Å². The quantitative estimate of drug-likeness (QED) is 0.864. The largest absolute Gasteiger partial charge is 0.304 e. The first-order valence-corrected chi connectivity index (χ1v) is 6.29. The normalized spacial score (nSPS) is 12.9. The van der Waals surface area contributed by atoms with Crippen LogP contribution in [-0.4, -0.2) is 15.0 Å². The lowest BCUT2D eigenvalue weighted by atomic mass is 10.2. The SMILES string of the molecule is CCC(NCc1cnnn1C)c1cccs1. The molecular weight excluding hydrogens is 220 g/mol. The highest BCUT2D eigenvalue weighted by Crippen LogP contribution is 2.21. The van der Waals surface area contributed by atoms with E-state index >= 15 is 0 Å². The second-order valence-corrected chi connectivity index (χ2v) is 4.69. The van der Waals surface area contributed by atoms with Gasteiger partial charge in [0.15, 0.2) is 0 Å². The van der Waals surface area contributed by atoms with E-state index in [1.54, 1.807) is 22.2 Å². The van der Waals surface area contributed by atoms with Crippen molar-refractivity contribution in [1.82, 2.24) is 20.3 Å². The number of aryl methyl sites for hydroxylation is 1. The Hall–Kier alpha value is -1.20. The molecule has 1 N–H and O–H groups in total. The number of aromatic nitrogens is 3. The molecule has 0 aromatic carbocycles. The zero-order chi connectivity index (χ0) is 11.4. The number of thiophene rings is 1.